The minimum Gasteiger partial charge on any atom is -0.495 e. The molecule has 4 rings (SSSR count). The van der Waals surface area contributed by atoms with Gasteiger partial charge < -0.3 is 14.1 Å². The van der Waals surface area contributed by atoms with Gasteiger partial charge >= 0.3 is 5.69 Å². The Morgan fingerprint density at radius 1 is 1.33 bits per heavy atom. The Bertz CT molecular complexity index is 1110. The number of carbonyl (C=O) groups excluding carboxylic acids is 1. The molecule has 0 aliphatic carbocycles. The number of aromatic nitrogens is 3. The topological polar surface area (TPSA) is 93.4 Å². The van der Waals surface area contributed by atoms with E-state index < -0.39 is 0 Å². The Morgan fingerprint density at radius 2 is 2.13 bits per heavy atom. The second kappa shape index (κ2) is 8.22. The van der Waals surface area contributed by atoms with Crippen molar-refractivity contribution in [1.29, 1.82) is 0 Å². The Kier molecular flexibility index (Phi) is 5.48. The number of methoxy groups -OCH3 is 1. The fourth-order valence-corrected chi connectivity index (χ4v) is 4.22. The third-order valence-corrected chi connectivity index (χ3v) is 5.62. The van der Waals surface area contributed by atoms with E-state index in [1.807, 2.05) is 43.0 Å². The molecular weight excluding hydrogens is 384 g/mol. The van der Waals surface area contributed by atoms with Crippen LogP contribution in [-0.2, 0) is 6.42 Å². The third-order valence-electron chi connectivity index (χ3n) is 5.62. The molecule has 1 N–H and O–H groups in total. The van der Waals surface area contributed by atoms with E-state index in [9.17, 15) is 9.59 Å². The van der Waals surface area contributed by atoms with E-state index in [0.29, 0.717) is 41.6 Å². The summed E-state index contributed by atoms with van der Waals surface area (Å²) in [5.74, 6) is 2.84. The highest BCUT2D eigenvalue weighted by Crippen LogP contribution is 2.26. The van der Waals surface area contributed by atoms with Gasteiger partial charge in [0.25, 0.3) is 5.91 Å². The van der Waals surface area contributed by atoms with Crippen LogP contribution >= 0.6 is 0 Å². The van der Waals surface area contributed by atoms with E-state index in [-0.39, 0.29) is 17.5 Å². The normalized spacial score (nSPS) is 16.6. The summed E-state index contributed by atoms with van der Waals surface area (Å²) < 4.78 is 12.5. The van der Waals surface area contributed by atoms with Crippen LogP contribution in [0.15, 0.2) is 39.5 Å². The Morgan fingerprint density at radius 3 is 2.87 bits per heavy atom. The van der Waals surface area contributed by atoms with Gasteiger partial charge in [-0.3, -0.25) is 4.79 Å². The number of amides is 1. The van der Waals surface area contributed by atoms with Gasteiger partial charge in [-0.2, -0.15) is 5.10 Å². The summed E-state index contributed by atoms with van der Waals surface area (Å²) in [6.45, 7) is 5.00. The number of aryl methyl sites for hydroxylation is 2. The Hall–Kier alpha value is -3.29. The van der Waals surface area contributed by atoms with E-state index in [1.165, 1.54) is 0 Å². The molecule has 0 spiro atoms. The number of furan rings is 1. The number of hydrogen-bond donors (Lipinski definition) is 1. The summed E-state index contributed by atoms with van der Waals surface area (Å²) in [5, 5.41) is 6.81. The van der Waals surface area contributed by atoms with Crippen molar-refractivity contribution in [1.82, 2.24) is 19.7 Å². The molecule has 2 aromatic heterocycles. The highest BCUT2D eigenvalue weighted by Gasteiger charge is 2.28. The van der Waals surface area contributed by atoms with Gasteiger partial charge in [0.2, 0.25) is 0 Å². The number of rotatable bonds is 5. The summed E-state index contributed by atoms with van der Waals surface area (Å²) in [6, 6.07) is 9.16. The number of hydrogen-bond acceptors (Lipinski definition) is 5. The van der Waals surface area contributed by atoms with Crippen molar-refractivity contribution in [3.8, 4) is 11.4 Å². The number of aromatic amines is 1. The maximum atomic E-state index is 13.0. The average Bonchev–Trinajstić information content (AvgIpc) is 3.28. The molecule has 1 saturated heterocycles. The number of nitrogens with zero attached hydrogens (tertiary/aromatic N) is 3. The summed E-state index contributed by atoms with van der Waals surface area (Å²) in [4.78, 5) is 27.3. The quantitative estimate of drug-likeness (QED) is 0.698. The second-order valence-corrected chi connectivity index (χ2v) is 7.74. The number of H-pyrrole nitrogens is 1. The molecule has 1 aliphatic heterocycles. The molecule has 8 nitrogen and oxygen atoms in total. The standard InChI is InChI=1S/C22H26N4O4/c1-14-11-17(15(2)30-14)21(27)25-10-6-7-16(13-25)12-20-23-24-22(28)26(20)18-8-4-5-9-19(18)29-3/h4-5,8-9,11,16H,6-7,10,12-13H2,1-3H3,(H,24,28)/t16-/m0/s1. The molecule has 0 unspecified atom stereocenters. The van der Waals surface area contributed by atoms with Gasteiger partial charge in [0.05, 0.1) is 18.4 Å². The molecule has 1 aromatic carbocycles. The van der Waals surface area contributed by atoms with Crippen molar-refractivity contribution < 1.29 is 13.9 Å². The number of benzene rings is 1. The van der Waals surface area contributed by atoms with Crippen molar-refractivity contribution in [3.05, 3.63) is 63.7 Å². The summed E-state index contributed by atoms with van der Waals surface area (Å²) in [6.07, 6.45) is 2.47. The SMILES string of the molecule is COc1ccccc1-n1c(C[C@@H]2CCCN(C(=O)c3cc(C)oc3C)C2)n[nH]c1=O. The van der Waals surface area contributed by atoms with Crippen LogP contribution in [0.5, 0.6) is 5.75 Å². The lowest BCUT2D eigenvalue weighted by Crippen LogP contribution is -2.41. The lowest BCUT2D eigenvalue weighted by molar-refractivity contribution is 0.0670. The number of nitrogens with one attached hydrogen (secondary N) is 1. The maximum Gasteiger partial charge on any atom is 0.348 e. The lowest BCUT2D eigenvalue weighted by atomic mass is 9.94. The molecule has 0 bridgehead atoms. The first-order valence-electron chi connectivity index (χ1n) is 10.1. The van der Waals surface area contributed by atoms with Crippen LogP contribution in [0.3, 0.4) is 0 Å². The average molecular weight is 410 g/mol. The van der Waals surface area contributed by atoms with Crippen LogP contribution in [0.1, 0.15) is 40.5 Å². The van der Waals surface area contributed by atoms with Gasteiger partial charge in [0.15, 0.2) is 0 Å². The molecule has 30 heavy (non-hydrogen) atoms. The van der Waals surface area contributed by atoms with Crippen molar-refractivity contribution in [2.45, 2.75) is 33.1 Å². The van der Waals surface area contributed by atoms with Crippen LogP contribution < -0.4 is 10.4 Å². The van der Waals surface area contributed by atoms with Crippen LogP contribution in [0.2, 0.25) is 0 Å². The molecule has 3 aromatic rings. The summed E-state index contributed by atoms with van der Waals surface area (Å²) in [7, 11) is 1.58. The third kappa shape index (κ3) is 3.77. The van der Waals surface area contributed by atoms with Gasteiger partial charge in [-0.15, -0.1) is 0 Å². The van der Waals surface area contributed by atoms with Crippen LogP contribution in [0, 0.1) is 19.8 Å². The highest BCUT2D eigenvalue weighted by atomic mass is 16.5. The van der Waals surface area contributed by atoms with E-state index in [0.717, 1.165) is 25.1 Å². The number of likely N-dealkylation sites (tertiary alicyclic amines) is 1. The first kappa shape index (κ1) is 20.0. The molecule has 3 heterocycles. The van der Waals surface area contributed by atoms with Crippen molar-refractivity contribution >= 4 is 5.91 Å². The molecule has 1 atom stereocenters. The molecule has 158 valence electrons. The fourth-order valence-electron chi connectivity index (χ4n) is 4.22. The van der Waals surface area contributed by atoms with Crippen molar-refractivity contribution in [2.75, 3.05) is 20.2 Å². The zero-order chi connectivity index (χ0) is 21.3. The Labute approximate surface area is 174 Å². The van der Waals surface area contributed by atoms with E-state index in [1.54, 1.807) is 17.7 Å². The number of para-hydroxylation sites is 2. The first-order valence-corrected chi connectivity index (χ1v) is 10.1. The Balaban J connectivity index is 1.55. The maximum absolute atomic E-state index is 13.0. The lowest BCUT2D eigenvalue weighted by Gasteiger charge is -2.32. The van der Waals surface area contributed by atoms with E-state index in [4.69, 9.17) is 9.15 Å². The molecule has 0 saturated carbocycles. The molecule has 1 fully saturated rings. The number of piperidine rings is 1. The van der Waals surface area contributed by atoms with Crippen LogP contribution in [0.25, 0.3) is 5.69 Å². The van der Waals surface area contributed by atoms with Gasteiger partial charge in [-0.1, -0.05) is 12.1 Å². The van der Waals surface area contributed by atoms with Gasteiger partial charge in [-0.25, -0.2) is 14.5 Å². The van der Waals surface area contributed by atoms with Crippen molar-refractivity contribution in [2.24, 2.45) is 5.92 Å². The van der Waals surface area contributed by atoms with Crippen LogP contribution in [0.4, 0.5) is 0 Å². The predicted molar refractivity (Wildman–Crippen MR) is 111 cm³/mol. The summed E-state index contributed by atoms with van der Waals surface area (Å²) >= 11 is 0. The minimum atomic E-state index is -0.303. The largest absolute Gasteiger partial charge is 0.495 e. The van der Waals surface area contributed by atoms with E-state index >= 15 is 0 Å². The minimum absolute atomic E-state index is 0.00167. The first-order chi connectivity index (χ1) is 14.5. The van der Waals surface area contributed by atoms with Crippen molar-refractivity contribution in [3.63, 3.8) is 0 Å². The number of carbonyl (C=O) groups is 1. The molecule has 1 aliphatic rings. The molecule has 8 heteroatoms. The zero-order valence-electron chi connectivity index (χ0n) is 17.5. The monoisotopic (exact) mass is 410 g/mol. The molecule has 0 radical (unpaired) electrons. The highest BCUT2D eigenvalue weighted by molar-refractivity contribution is 5.95. The van der Waals surface area contributed by atoms with E-state index in [2.05, 4.69) is 10.2 Å². The smallest absolute Gasteiger partial charge is 0.348 e. The zero-order valence-corrected chi connectivity index (χ0v) is 17.5. The molecule has 1 amide bonds. The number of ether oxygens (including phenoxy) is 1. The molecular formula is C22H26N4O4. The second-order valence-electron chi connectivity index (χ2n) is 7.74. The van der Waals surface area contributed by atoms with Gasteiger partial charge in [-0.05, 0) is 50.8 Å². The fraction of sp³-hybridized carbons (Fsp3) is 0.409. The van der Waals surface area contributed by atoms with Gasteiger partial charge in [0.1, 0.15) is 23.1 Å². The summed E-state index contributed by atoms with van der Waals surface area (Å²) in [5.41, 5.74) is 0.976. The predicted octanol–water partition coefficient (Wildman–Crippen LogP) is 2.87. The van der Waals surface area contributed by atoms with Gasteiger partial charge in [0, 0.05) is 19.5 Å². The van der Waals surface area contributed by atoms with Crippen LogP contribution in [-0.4, -0.2) is 45.8 Å².